The van der Waals surface area contributed by atoms with Gasteiger partial charge in [-0.2, -0.15) is 4.98 Å². The molecule has 142 valence electrons. The summed E-state index contributed by atoms with van der Waals surface area (Å²) in [5.74, 6) is 0.627. The fourth-order valence-corrected chi connectivity index (χ4v) is 3.79. The molecular formula is C18H20ClN5O3. The van der Waals surface area contributed by atoms with Gasteiger partial charge in [0.2, 0.25) is 5.95 Å². The first-order chi connectivity index (χ1) is 13.0. The Balaban J connectivity index is 1.94. The smallest absolute Gasteiger partial charge is 0.332 e. The van der Waals surface area contributed by atoms with Crippen LogP contribution < -0.4 is 16.1 Å². The predicted molar refractivity (Wildman–Crippen MR) is 104 cm³/mol. The SMILES string of the molecule is Cc1c(Cl)cccc1N1CCn2c1nc1c2c(=O)n(CCCO)c(=O)n1C. The molecule has 0 saturated carbocycles. The van der Waals surface area contributed by atoms with Crippen LogP contribution in [0, 0.1) is 6.92 Å². The molecule has 0 unspecified atom stereocenters. The number of hydrogen-bond acceptors (Lipinski definition) is 5. The topological polar surface area (TPSA) is 85.3 Å². The molecule has 1 aliphatic heterocycles. The summed E-state index contributed by atoms with van der Waals surface area (Å²) < 4.78 is 4.41. The van der Waals surface area contributed by atoms with Gasteiger partial charge in [0.05, 0.1) is 0 Å². The van der Waals surface area contributed by atoms with Crippen molar-refractivity contribution in [3.8, 4) is 0 Å². The van der Waals surface area contributed by atoms with Crippen molar-refractivity contribution in [3.63, 3.8) is 0 Å². The van der Waals surface area contributed by atoms with E-state index in [1.807, 2.05) is 34.6 Å². The molecule has 3 heterocycles. The quantitative estimate of drug-likeness (QED) is 0.728. The molecule has 0 atom stereocenters. The Morgan fingerprint density at radius 3 is 2.78 bits per heavy atom. The van der Waals surface area contributed by atoms with Gasteiger partial charge in [-0.3, -0.25) is 13.9 Å². The summed E-state index contributed by atoms with van der Waals surface area (Å²) in [5, 5.41) is 9.72. The highest BCUT2D eigenvalue weighted by Crippen LogP contribution is 2.35. The Kier molecular flexibility index (Phi) is 4.32. The Bertz CT molecular complexity index is 1160. The number of aryl methyl sites for hydroxylation is 1. The summed E-state index contributed by atoms with van der Waals surface area (Å²) in [5.41, 5.74) is 1.85. The van der Waals surface area contributed by atoms with Gasteiger partial charge in [-0.15, -0.1) is 0 Å². The summed E-state index contributed by atoms with van der Waals surface area (Å²) >= 11 is 6.27. The van der Waals surface area contributed by atoms with Crippen LogP contribution in [-0.2, 0) is 20.1 Å². The molecule has 0 bridgehead atoms. The Hall–Kier alpha value is -2.58. The average Bonchev–Trinajstić information content (AvgIpc) is 3.21. The molecule has 4 rings (SSSR count). The highest BCUT2D eigenvalue weighted by atomic mass is 35.5. The average molecular weight is 390 g/mol. The molecule has 3 aromatic rings. The van der Waals surface area contributed by atoms with Gasteiger partial charge in [-0.1, -0.05) is 17.7 Å². The molecule has 1 aromatic carbocycles. The number of nitrogens with zero attached hydrogens (tertiary/aromatic N) is 5. The van der Waals surface area contributed by atoms with Gasteiger partial charge < -0.3 is 14.6 Å². The fraction of sp³-hybridized carbons (Fsp3) is 0.389. The van der Waals surface area contributed by atoms with Crippen molar-refractivity contribution in [2.24, 2.45) is 7.05 Å². The molecule has 1 aliphatic rings. The van der Waals surface area contributed by atoms with E-state index >= 15 is 0 Å². The van der Waals surface area contributed by atoms with Gasteiger partial charge in [0.15, 0.2) is 11.2 Å². The van der Waals surface area contributed by atoms with Gasteiger partial charge in [0.1, 0.15) is 0 Å². The van der Waals surface area contributed by atoms with Gasteiger partial charge in [0, 0.05) is 44.0 Å². The van der Waals surface area contributed by atoms with Crippen LogP contribution in [0.2, 0.25) is 5.02 Å². The molecule has 0 spiro atoms. The van der Waals surface area contributed by atoms with Crippen molar-refractivity contribution in [2.75, 3.05) is 18.1 Å². The minimum absolute atomic E-state index is 0.0834. The molecule has 0 saturated heterocycles. The lowest BCUT2D eigenvalue weighted by atomic mass is 10.2. The first-order valence-corrected chi connectivity index (χ1v) is 9.17. The molecule has 0 amide bonds. The second-order valence-corrected chi connectivity index (χ2v) is 7.05. The third-order valence-corrected chi connectivity index (χ3v) is 5.48. The van der Waals surface area contributed by atoms with E-state index in [-0.39, 0.29) is 18.7 Å². The summed E-state index contributed by atoms with van der Waals surface area (Å²) in [4.78, 5) is 32.1. The number of benzene rings is 1. The zero-order chi connectivity index (χ0) is 19.3. The van der Waals surface area contributed by atoms with Crippen molar-refractivity contribution < 1.29 is 5.11 Å². The van der Waals surface area contributed by atoms with Gasteiger partial charge in [-0.25, -0.2) is 4.79 Å². The number of aromatic nitrogens is 4. The maximum Gasteiger partial charge on any atom is 0.332 e. The van der Waals surface area contributed by atoms with Crippen LogP contribution in [0.1, 0.15) is 12.0 Å². The molecular weight excluding hydrogens is 370 g/mol. The number of aliphatic hydroxyl groups is 1. The van der Waals surface area contributed by atoms with Crippen molar-refractivity contribution in [3.05, 3.63) is 49.6 Å². The van der Waals surface area contributed by atoms with Crippen LogP contribution in [0.5, 0.6) is 0 Å². The van der Waals surface area contributed by atoms with E-state index in [4.69, 9.17) is 16.7 Å². The van der Waals surface area contributed by atoms with E-state index in [0.717, 1.165) is 11.3 Å². The Labute approximate surface area is 159 Å². The van der Waals surface area contributed by atoms with E-state index in [0.29, 0.717) is 41.6 Å². The molecule has 0 radical (unpaired) electrons. The number of aliphatic hydroxyl groups excluding tert-OH is 1. The highest BCUT2D eigenvalue weighted by Gasteiger charge is 2.29. The maximum atomic E-state index is 13.0. The number of anilines is 2. The number of fused-ring (bicyclic) bond motifs is 3. The van der Waals surface area contributed by atoms with Crippen LogP contribution in [0.3, 0.4) is 0 Å². The molecule has 1 N–H and O–H groups in total. The minimum atomic E-state index is -0.428. The van der Waals surface area contributed by atoms with Gasteiger partial charge in [-0.05, 0) is 31.0 Å². The maximum absolute atomic E-state index is 13.0. The molecule has 8 nitrogen and oxygen atoms in total. The normalized spacial score (nSPS) is 13.6. The summed E-state index contributed by atoms with van der Waals surface area (Å²) in [6.07, 6.45) is 0.343. The first kappa shape index (κ1) is 17.8. The summed E-state index contributed by atoms with van der Waals surface area (Å²) in [6.45, 7) is 3.29. The largest absolute Gasteiger partial charge is 0.396 e. The summed E-state index contributed by atoms with van der Waals surface area (Å²) in [7, 11) is 1.61. The third kappa shape index (κ3) is 2.59. The van der Waals surface area contributed by atoms with E-state index in [1.165, 1.54) is 9.13 Å². The van der Waals surface area contributed by atoms with E-state index in [2.05, 4.69) is 4.98 Å². The zero-order valence-corrected chi connectivity index (χ0v) is 15.9. The van der Waals surface area contributed by atoms with E-state index in [1.54, 1.807) is 7.05 Å². The standard InChI is InChI=1S/C18H20ClN5O3/c1-11-12(19)5-3-6-13(11)22-8-9-23-14-15(20-17(22)23)21(2)18(27)24(16(14)26)7-4-10-25/h3,5-6,25H,4,7-10H2,1-2H3. The molecule has 0 aliphatic carbocycles. The Morgan fingerprint density at radius 1 is 1.26 bits per heavy atom. The van der Waals surface area contributed by atoms with Crippen molar-refractivity contribution in [1.29, 1.82) is 0 Å². The van der Waals surface area contributed by atoms with Crippen LogP contribution in [0.4, 0.5) is 11.6 Å². The van der Waals surface area contributed by atoms with Crippen LogP contribution in [0.25, 0.3) is 11.2 Å². The lowest BCUT2D eigenvalue weighted by Gasteiger charge is -2.19. The van der Waals surface area contributed by atoms with Crippen LogP contribution >= 0.6 is 11.6 Å². The van der Waals surface area contributed by atoms with E-state index in [9.17, 15) is 9.59 Å². The lowest BCUT2D eigenvalue weighted by molar-refractivity contribution is 0.277. The second-order valence-electron chi connectivity index (χ2n) is 6.65. The van der Waals surface area contributed by atoms with Crippen LogP contribution in [-0.4, -0.2) is 36.9 Å². The Morgan fingerprint density at radius 2 is 2.04 bits per heavy atom. The minimum Gasteiger partial charge on any atom is -0.396 e. The van der Waals surface area contributed by atoms with Crippen molar-refractivity contribution in [1.82, 2.24) is 18.7 Å². The predicted octanol–water partition coefficient (Wildman–Crippen LogP) is 1.39. The van der Waals surface area contributed by atoms with Crippen molar-refractivity contribution >= 4 is 34.4 Å². The number of rotatable bonds is 4. The summed E-state index contributed by atoms with van der Waals surface area (Å²) in [6, 6.07) is 5.69. The van der Waals surface area contributed by atoms with Crippen molar-refractivity contribution in [2.45, 2.75) is 26.4 Å². The van der Waals surface area contributed by atoms with Crippen LogP contribution in [0.15, 0.2) is 27.8 Å². The second kappa shape index (κ2) is 6.54. The third-order valence-electron chi connectivity index (χ3n) is 5.07. The lowest BCUT2D eigenvalue weighted by Crippen LogP contribution is -2.39. The van der Waals surface area contributed by atoms with Gasteiger partial charge in [0.25, 0.3) is 5.56 Å². The number of hydrogen-bond donors (Lipinski definition) is 1. The molecule has 0 fully saturated rings. The highest BCUT2D eigenvalue weighted by molar-refractivity contribution is 6.31. The first-order valence-electron chi connectivity index (χ1n) is 8.79. The van der Waals surface area contributed by atoms with Gasteiger partial charge >= 0.3 is 5.69 Å². The number of imidazole rings is 1. The fourth-order valence-electron chi connectivity index (χ4n) is 3.62. The zero-order valence-electron chi connectivity index (χ0n) is 15.1. The molecule has 2 aromatic heterocycles. The molecule has 27 heavy (non-hydrogen) atoms. The van der Waals surface area contributed by atoms with E-state index < -0.39 is 5.69 Å². The molecule has 9 heteroatoms. The monoisotopic (exact) mass is 389 g/mol. The number of halogens is 1.